The Balaban J connectivity index is 0.00000264. The van der Waals surface area contributed by atoms with E-state index in [1.165, 1.54) is 18.2 Å². The average molecular weight is 397 g/mol. The van der Waals surface area contributed by atoms with Crippen molar-refractivity contribution in [3.05, 3.63) is 63.6 Å². The summed E-state index contributed by atoms with van der Waals surface area (Å²) in [6.07, 6.45) is 0. The van der Waals surface area contributed by atoms with Crippen LogP contribution in [0.15, 0.2) is 47.4 Å². The Kier molecular flexibility index (Phi) is 6.85. The van der Waals surface area contributed by atoms with Crippen molar-refractivity contribution in [2.45, 2.75) is 11.4 Å². The number of carbonyl (C=O) groups excluding carboxylic acids is 1. The van der Waals surface area contributed by atoms with Crippen LogP contribution < -0.4 is 5.32 Å². The molecule has 0 saturated carbocycles. The summed E-state index contributed by atoms with van der Waals surface area (Å²) in [4.78, 5) is 11.7. The Hall–Kier alpha value is -1.31. The first kappa shape index (κ1) is 19.7. The molecule has 0 radical (unpaired) electrons. The van der Waals surface area contributed by atoms with Crippen molar-refractivity contribution in [2.24, 2.45) is 0 Å². The molecule has 2 N–H and O–H groups in total. The van der Waals surface area contributed by atoms with Crippen molar-refractivity contribution < 1.29 is 17.8 Å². The third-order valence-electron chi connectivity index (χ3n) is 2.83. The number of nitrogens with one attached hydrogen (secondary N) is 1. The van der Waals surface area contributed by atoms with Crippen molar-refractivity contribution in [2.75, 3.05) is 0 Å². The van der Waals surface area contributed by atoms with E-state index in [9.17, 15) is 13.2 Å². The monoisotopic (exact) mass is 395 g/mol. The smallest absolute Gasteiger partial charge is 0.294 e. The molecule has 0 bridgehead atoms. The second-order valence-corrected chi connectivity index (χ2v) is 6.67. The molecule has 0 unspecified atom stereocenters. The van der Waals surface area contributed by atoms with Crippen LogP contribution in [-0.4, -0.2) is 18.9 Å². The van der Waals surface area contributed by atoms with Gasteiger partial charge in [-0.3, -0.25) is 9.35 Å². The normalized spacial score (nSPS) is 10.7. The van der Waals surface area contributed by atoms with Gasteiger partial charge in [-0.15, -0.1) is 12.4 Å². The number of hydrogen-bond acceptors (Lipinski definition) is 3. The van der Waals surface area contributed by atoms with Crippen molar-refractivity contribution in [3.63, 3.8) is 0 Å². The van der Waals surface area contributed by atoms with Gasteiger partial charge in [-0.05, 0) is 35.9 Å². The lowest BCUT2D eigenvalue weighted by molar-refractivity contribution is 0.0950. The fourth-order valence-electron chi connectivity index (χ4n) is 1.73. The maximum Gasteiger partial charge on any atom is 0.294 e. The highest BCUT2D eigenvalue weighted by molar-refractivity contribution is 7.85. The molecule has 1 amide bonds. The molecule has 0 saturated heterocycles. The van der Waals surface area contributed by atoms with E-state index in [0.29, 0.717) is 10.0 Å². The Morgan fingerprint density at radius 2 is 1.78 bits per heavy atom. The molecule has 23 heavy (non-hydrogen) atoms. The molecular formula is C14H12Cl3NO4S. The van der Waals surface area contributed by atoms with Crippen LogP contribution in [0, 0.1) is 0 Å². The summed E-state index contributed by atoms with van der Waals surface area (Å²) in [5, 5.41) is 3.41. The first-order valence-corrected chi connectivity index (χ1v) is 8.26. The molecule has 2 aromatic carbocycles. The zero-order chi connectivity index (χ0) is 16.3. The molecule has 0 atom stereocenters. The molecular weight excluding hydrogens is 385 g/mol. The summed E-state index contributed by atoms with van der Waals surface area (Å²) < 4.78 is 31.1. The van der Waals surface area contributed by atoms with E-state index in [1.807, 2.05) is 0 Å². The van der Waals surface area contributed by atoms with Crippen LogP contribution in [0.4, 0.5) is 0 Å². The van der Waals surface area contributed by atoms with Gasteiger partial charge >= 0.3 is 0 Å². The van der Waals surface area contributed by atoms with Crippen molar-refractivity contribution in [1.82, 2.24) is 5.32 Å². The minimum absolute atomic E-state index is 0. The first-order chi connectivity index (χ1) is 10.3. The van der Waals surface area contributed by atoms with Gasteiger partial charge in [0.2, 0.25) is 0 Å². The number of rotatable bonds is 4. The topological polar surface area (TPSA) is 83.5 Å². The van der Waals surface area contributed by atoms with E-state index in [-0.39, 0.29) is 29.4 Å². The van der Waals surface area contributed by atoms with Crippen LogP contribution >= 0.6 is 35.6 Å². The standard InChI is InChI=1S/C14H11Cl2NO4S.ClH/c15-12-5-4-9(6-13(12)16)8-17-14(18)10-2-1-3-11(7-10)22(19,20)21;/h1-7H,8H2,(H,17,18)(H,19,20,21);1H. The molecule has 0 aliphatic heterocycles. The van der Waals surface area contributed by atoms with Crippen molar-refractivity contribution in [1.29, 1.82) is 0 Å². The van der Waals surface area contributed by atoms with Crippen LogP contribution in [0.5, 0.6) is 0 Å². The molecule has 0 heterocycles. The summed E-state index contributed by atoms with van der Waals surface area (Å²) in [7, 11) is -4.35. The molecule has 2 rings (SSSR count). The van der Waals surface area contributed by atoms with E-state index >= 15 is 0 Å². The molecule has 0 aliphatic rings. The van der Waals surface area contributed by atoms with Crippen molar-refractivity contribution in [3.8, 4) is 0 Å². The van der Waals surface area contributed by atoms with Gasteiger partial charge in [0, 0.05) is 12.1 Å². The SMILES string of the molecule is Cl.O=C(NCc1ccc(Cl)c(Cl)c1)c1cccc(S(=O)(=O)O)c1. The van der Waals surface area contributed by atoms with Gasteiger partial charge in [-0.1, -0.05) is 35.3 Å². The third kappa shape index (κ3) is 5.37. The zero-order valence-electron chi connectivity index (χ0n) is 11.5. The lowest BCUT2D eigenvalue weighted by Crippen LogP contribution is -2.23. The number of amides is 1. The predicted octanol–water partition coefficient (Wildman–Crippen LogP) is 3.59. The van der Waals surface area contributed by atoms with E-state index < -0.39 is 16.0 Å². The second-order valence-electron chi connectivity index (χ2n) is 4.43. The average Bonchev–Trinajstić information content (AvgIpc) is 2.47. The summed E-state index contributed by atoms with van der Waals surface area (Å²) >= 11 is 11.7. The maximum atomic E-state index is 12.0. The molecule has 0 spiro atoms. The van der Waals surface area contributed by atoms with Crippen LogP contribution in [-0.2, 0) is 16.7 Å². The predicted molar refractivity (Wildman–Crippen MR) is 91.1 cm³/mol. The zero-order valence-corrected chi connectivity index (χ0v) is 14.6. The maximum absolute atomic E-state index is 12.0. The lowest BCUT2D eigenvalue weighted by Gasteiger charge is -2.07. The van der Waals surface area contributed by atoms with Crippen LogP contribution in [0.1, 0.15) is 15.9 Å². The van der Waals surface area contributed by atoms with Crippen LogP contribution in [0.25, 0.3) is 0 Å². The number of halogens is 3. The Labute approximate surface area is 149 Å². The number of benzene rings is 2. The van der Waals surface area contributed by atoms with Crippen LogP contribution in [0.2, 0.25) is 10.0 Å². The molecule has 0 aromatic heterocycles. The molecule has 5 nitrogen and oxygen atoms in total. The number of carbonyl (C=O) groups is 1. The summed E-state index contributed by atoms with van der Waals surface area (Å²) in [5.41, 5.74) is 0.865. The molecule has 9 heteroatoms. The van der Waals surface area contributed by atoms with E-state index in [2.05, 4.69) is 5.32 Å². The van der Waals surface area contributed by atoms with Gasteiger partial charge in [0.15, 0.2) is 0 Å². The molecule has 2 aromatic rings. The fraction of sp³-hybridized carbons (Fsp3) is 0.0714. The third-order valence-corrected chi connectivity index (χ3v) is 4.42. The van der Waals surface area contributed by atoms with Gasteiger partial charge in [-0.25, -0.2) is 0 Å². The van der Waals surface area contributed by atoms with Gasteiger partial charge in [-0.2, -0.15) is 8.42 Å². The van der Waals surface area contributed by atoms with Crippen LogP contribution in [0.3, 0.4) is 0 Å². The molecule has 0 aliphatic carbocycles. The second kappa shape index (κ2) is 7.99. The summed E-state index contributed by atoms with van der Waals surface area (Å²) in [5.74, 6) is -0.475. The van der Waals surface area contributed by atoms with Gasteiger partial charge in [0.05, 0.1) is 14.9 Å². The highest BCUT2D eigenvalue weighted by atomic mass is 35.5. The Morgan fingerprint density at radius 3 is 2.39 bits per heavy atom. The molecule has 124 valence electrons. The van der Waals surface area contributed by atoms with Gasteiger partial charge < -0.3 is 5.32 Å². The quantitative estimate of drug-likeness (QED) is 0.774. The minimum atomic E-state index is -4.35. The van der Waals surface area contributed by atoms with E-state index in [4.69, 9.17) is 27.8 Å². The first-order valence-electron chi connectivity index (χ1n) is 6.07. The summed E-state index contributed by atoms with van der Waals surface area (Å²) in [6.45, 7) is 0.200. The number of hydrogen-bond donors (Lipinski definition) is 2. The van der Waals surface area contributed by atoms with E-state index in [1.54, 1.807) is 18.2 Å². The highest BCUT2D eigenvalue weighted by Gasteiger charge is 2.13. The highest BCUT2D eigenvalue weighted by Crippen LogP contribution is 2.22. The lowest BCUT2D eigenvalue weighted by atomic mass is 10.2. The Morgan fingerprint density at radius 1 is 1.09 bits per heavy atom. The fourth-order valence-corrected chi connectivity index (χ4v) is 2.58. The summed E-state index contributed by atoms with van der Waals surface area (Å²) in [6, 6.07) is 10.1. The minimum Gasteiger partial charge on any atom is -0.348 e. The van der Waals surface area contributed by atoms with E-state index in [0.717, 1.165) is 11.6 Å². The molecule has 0 fully saturated rings. The largest absolute Gasteiger partial charge is 0.348 e. The Bertz CT molecular complexity index is 825. The van der Waals surface area contributed by atoms with Crippen molar-refractivity contribution >= 4 is 51.6 Å². The van der Waals surface area contributed by atoms with Gasteiger partial charge in [0.25, 0.3) is 16.0 Å². The van der Waals surface area contributed by atoms with Gasteiger partial charge in [0.1, 0.15) is 0 Å².